The lowest BCUT2D eigenvalue weighted by Crippen LogP contribution is -2.58. The number of carbonyl (C=O) groups is 3. The number of hydrogen-bond donors (Lipinski definition) is 1. The summed E-state index contributed by atoms with van der Waals surface area (Å²) < 4.78 is 10.0. The van der Waals surface area contributed by atoms with E-state index < -0.39 is 33.4 Å². The summed E-state index contributed by atoms with van der Waals surface area (Å²) in [6, 6.07) is 8.32. The predicted octanol–water partition coefficient (Wildman–Crippen LogP) is 3.32. The van der Waals surface area contributed by atoms with Crippen LogP contribution in [0.4, 0.5) is 0 Å². The first-order valence-corrected chi connectivity index (χ1v) is 17.3. The molecule has 4 saturated heterocycles. The minimum atomic E-state index is -0.808. The van der Waals surface area contributed by atoms with E-state index in [0.29, 0.717) is 58.7 Å². The third-order valence-corrected chi connectivity index (χ3v) is 12.1. The van der Waals surface area contributed by atoms with Crippen LogP contribution >= 0.6 is 11.8 Å². The average Bonchev–Trinajstić information content (AvgIpc) is 3.63. The summed E-state index contributed by atoms with van der Waals surface area (Å²) in [5.74, 6) is -2.05. The van der Waals surface area contributed by atoms with Crippen LogP contribution in [0.5, 0.6) is 0 Å². The fourth-order valence-electron chi connectivity index (χ4n) is 7.89. The van der Waals surface area contributed by atoms with E-state index in [4.69, 9.17) is 9.47 Å². The van der Waals surface area contributed by atoms with Crippen LogP contribution < -0.4 is 0 Å². The smallest absolute Gasteiger partial charge is 0.311 e. The number of morpholine rings is 1. The Morgan fingerprint density at radius 1 is 1.18 bits per heavy atom. The molecule has 6 atom stereocenters. The molecule has 0 aromatic heterocycles. The molecular weight excluding hydrogens is 590 g/mol. The fraction of sp³-hybridized carbons (Fsp3) is 0.629. The largest absolute Gasteiger partial charge is 0.465 e. The number of amides is 2. The van der Waals surface area contributed by atoms with Gasteiger partial charge in [0.05, 0.1) is 49.1 Å². The first kappa shape index (κ1) is 33.7. The van der Waals surface area contributed by atoms with Crippen molar-refractivity contribution in [3.05, 3.63) is 61.2 Å². The van der Waals surface area contributed by atoms with Gasteiger partial charge in [0.2, 0.25) is 11.8 Å². The van der Waals surface area contributed by atoms with Crippen molar-refractivity contribution in [3.63, 3.8) is 0 Å². The van der Waals surface area contributed by atoms with Crippen LogP contribution in [-0.4, -0.2) is 118 Å². The molecule has 246 valence electrons. The van der Waals surface area contributed by atoms with Gasteiger partial charge in [-0.25, -0.2) is 0 Å². The molecule has 2 unspecified atom stereocenters. The molecule has 0 saturated carbocycles. The molecule has 1 aromatic rings. The highest BCUT2D eigenvalue weighted by Gasteiger charge is 2.78. The van der Waals surface area contributed by atoms with Gasteiger partial charge in [0, 0.05) is 37.5 Å². The Balaban J connectivity index is 1.47. The van der Waals surface area contributed by atoms with Crippen LogP contribution in [0, 0.1) is 11.8 Å². The Kier molecular flexibility index (Phi) is 11.1. The number of ether oxygens (including phenoxy) is 2. The number of thioether (sulfide) groups is 1. The van der Waals surface area contributed by atoms with E-state index in [1.54, 1.807) is 22.7 Å². The molecule has 0 aliphatic carbocycles. The standard InChI is InChI=1S/C35H49N3O6S/c1-4-6-7-11-21-44-33(42)29-28-31(40)38(27(25-39)24-26-12-9-8-10-13-26)30(35(28)15-14-34(29,3)45-35)32(41)37(16-5-2)18-17-36-19-22-43-23-20-36/h4-5,8-10,12-13,27-30,39H,1-2,6-7,11,14-25H2,3H3/t27-,28+,29-,30?,34+,35?/m1/s1. The lowest BCUT2D eigenvalue weighted by molar-refractivity contribution is -0.156. The Hall–Kier alpha value is -2.66. The van der Waals surface area contributed by atoms with Gasteiger partial charge in [-0.1, -0.05) is 42.5 Å². The molecule has 4 aliphatic rings. The van der Waals surface area contributed by atoms with Crippen molar-refractivity contribution in [2.24, 2.45) is 11.8 Å². The highest BCUT2D eigenvalue weighted by molar-refractivity contribution is 8.02. The summed E-state index contributed by atoms with van der Waals surface area (Å²) >= 11 is 1.64. The minimum absolute atomic E-state index is 0.138. The molecule has 2 bridgehead atoms. The number of carbonyl (C=O) groups excluding carboxylic acids is 3. The molecule has 5 rings (SSSR count). The summed E-state index contributed by atoms with van der Waals surface area (Å²) in [7, 11) is 0. The van der Waals surface area contributed by atoms with Crippen molar-refractivity contribution in [2.75, 3.05) is 59.2 Å². The van der Waals surface area contributed by atoms with E-state index in [1.807, 2.05) is 41.3 Å². The number of unbranched alkanes of at least 4 members (excludes halogenated alkanes) is 2. The second-order valence-electron chi connectivity index (χ2n) is 13.0. The van der Waals surface area contributed by atoms with E-state index in [2.05, 4.69) is 25.0 Å². The summed E-state index contributed by atoms with van der Waals surface area (Å²) in [4.78, 5) is 49.1. The molecule has 1 spiro atoms. The number of likely N-dealkylation sites (tertiary alicyclic amines) is 1. The molecule has 10 heteroatoms. The predicted molar refractivity (Wildman–Crippen MR) is 176 cm³/mol. The average molecular weight is 640 g/mol. The number of aliphatic hydroxyl groups is 1. The van der Waals surface area contributed by atoms with E-state index >= 15 is 0 Å². The maximum Gasteiger partial charge on any atom is 0.311 e. The molecule has 45 heavy (non-hydrogen) atoms. The molecule has 1 aromatic carbocycles. The summed E-state index contributed by atoms with van der Waals surface area (Å²) in [6.45, 7) is 14.2. The summed E-state index contributed by atoms with van der Waals surface area (Å²) in [5, 5.41) is 10.8. The van der Waals surface area contributed by atoms with Crippen molar-refractivity contribution in [1.29, 1.82) is 0 Å². The van der Waals surface area contributed by atoms with Crippen LogP contribution in [0.3, 0.4) is 0 Å². The van der Waals surface area contributed by atoms with Gasteiger partial charge in [-0.15, -0.1) is 24.9 Å². The number of aliphatic hydroxyl groups excluding tert-OH is 1. The number of hydrogen-bond acceptors (Lipinski definition) is 8. The maximum atomic E-state index is 14.8. The number of benzene rings is 1. The minimum Gasteiger partial charge on any atom is -0.465 e. The lowest BCUT2D eigenvalue weighted by Gasteiger charge is -2.40. The third-order valence-electron chi connectivity index (χ3n) is 10.1. The molecule has 4 heterocycles. The fourth-order valence-corrected chi connectivity index (χ4v) is 10.2. The van der Waals surface area contributed by atoms with Crippen molar-refractivity contribution in [3.8, 4) is 0 Å². The van der Waals surface area contributed by atoms with Crippen molar-refractivity contribution < 1.29 is 29.0 Å². The van der Waals surface area contributed by atoms with Crippen LogP contribution in [-0.2, 0) is 30.3 Å². The van der Waals surface area contributed by atoms with Crippen molar-refractivity contribution in [2.45, 2.75) is 67.0 Å². The van der Waals surface area contributed by atoms with Gasteiger partial charge in [0.15, 0.2) is 0 Å². The maximum absolute atomic E-state index is 14.8. The van der Waals surface area contributed by atoms with E-state index in [-0.39, 0.29) is 24.4 Å². The Labute approximate surface area is 272 Å². The monoisotopic (exact) mass is 639 g/mol. The highest BCUT2D eigenvalue weighted by atomic mass is 32.2. The van der Waals surface area contributed by atoms with Gasteiger partial charge in [-0.05, 0) is 51.0 Å². The van der Waals surface area contributed by atoms with Crippen LogP contribution in [0.2, 0.25) is 0 Å². The van der Waals surface area contributed by atoms with Crippen LogP contribution in [0.15, 0.2) is 55.6 Å². The van der Waals surface area contributed by atoms with Crippen LogP contribution in [0.25, 0.3) is 0 Å². The number of allylic oxidation sites excluding steroid dienone is 1. The quantitative estimate of drug-likeness (QED) is 0.167. The zero-order valence-corrected chi connectivity index (χ0v) is 27.4. The number of esters is 1. The highest BCUT2D eigenvalue weighted by Crippen LogP contribution is 2.71. The molecule has 2 amide bonds. The Bertz CT molecular complexity index is 1220. The Morgan fingerprint density at radius 2 is 1.93 bits per heavy atom. The number of nitrogens with zero attached hydrogens (tertiary/aromatic N) is 3. The van der Waals surface area contributed by atoms with E-state index in [1.165, 1.54) is 0 Å². The van der Waals surface area contributed by atoms with Gasteiger partial charge in [-0.3, -0.25) is 19.3 Å². The summed E-state index contributed by atoms with van der Waals surface area (Å²) in [6.07, 6.45) is 7.82. The molecular formula is C35H49N3O6S. The SMILES string of the molecule is C=CCCCCOC(=O)[C@H]1[C@H]2C(=O)N([C@@H](CO)Cc3ccccc3)C(C(=O)N(CC=C)CCN3CCOCC3)C23CC[C@]1(C)S3. The first-order chi connectivity index (χ1) is 21.8. The van der Waals surface area contributed by atoms with Crippen molar-refractivity contribution in [1.82, 2.24) is 14.7 Å². The zero-order valence-electron chi connectivity index (χ0n) is 26.6. The van der Waals surface area contributed by atoms with Gasteiger partial charge >= 0.3 is 5.97 Å². The first-order valence-electron chi connectivity index (χ1n) is 16.4. The number of rotatable bonds is 16. The second-order valence-corrected chi connectivity index (χ2v) is 14.9. The van der Waals surface area contributed by atoms with Gasteiger partial charge in [0.25, 0.3) is 0 Å². The molecule has 1 N–H and O–H groups in total. The molecule has 9 nitrogen and oxygen atoms in total. The van der Waals surface area contributed by atoms with E-state index in [9.17, 15) is 19.5 Å². The van der Waals surface area contributed by atoms with Gasteiger partial charge < -0.3 is 24.4 Å². The van der Waals surface area contributed by atoms with Gasteiger partial charge in [-0.2, -0.15) is 0 Å². The third kappa shape index (κ3) is 6.75. The second kappa shape index (κ2) is 14.8. The topological polar surface area (TPSA) is 99.6 Å². The van der Waals surface area contributed by atoms with E-state index in [0.717, 1.165) is 37.9 Å². The molecule has 0 radical (unpaired) electrons. The normalized spacial score (nSPS) is 29.8. The molecule has 4 fully saturated rings. The zero-order chi connectivity index (χ0) is 32.0. The molecule has 4 aliphatic heterocycles. The van der Waals surface area contributed by atoms with Crippen LogP contribution in [0.1, 0.15) is 44.6 Å². The lowest BCUT2D eigenvalue weighted by atomic mass is 9.66. The summed E-state index contributed by atoms with van der Waals surface area (Å²) in [5.41, 5.74) is 0.972. The van der Waals surface area contributed by atoms with Crippen molar-refractivity contribution >= 4 is 29.5 Å². The number of fused-ring (bicyclic) bond motifs is 1. The van der Waals surface area contributed by atoms with Gasteiger partial charge in [0.1, 0.15) is 6.04 Å². The Morgan fingerprint density at radius 3 is 2.62 bits per heavy atom.